The second kappa shape index (κ2) is 6.54. The largest absolute Gasteiger partial charge is 0.497 e. The Kier molecular flexibility index (Phi) is 4.75. The predicted octanol–water partition coefficient (Wildman–Crippen LogP) is 3.31. The maximum atomic E-state index is 14.0. The van der Waals surface area contributed by atoms with Gasteiger partial charge >= 0.3 is 0 Å². The lowest BCUT2D eigenvalue weighted by atomic mass is 10.1. The number of hydrogen-bond acceptors (Lipinski definition) is 4. The standard InChI is InChI=1S/C15H17ClFN3O/c1-21-10-4-2-9(3-5-10)6-7-20-15-12(19)8-11(18)13(16)14(15)17/h2-5,8,20H,6-7,18-19H2,1H3. The van der Waals surface area contributed by atoms with Crippen LogP contribution >= 0.6 is 11.6 Å². The summed E-state index contributed by atoms with van der Waals surface area (Å²) in [6.45, 7) is 0.522. The first-order chi connectivity index (χ1) is 10.0. The first kappa shape index (κ1) is 15.3. The molecular formula is C15H17ClFN3O. The molecule has 112 valence electrons. The fraction of sp³-hybridized carbons (Fsp3) is 0.200. The summed E-state index contributed by atoms with van der Waals surface area (Å²) >= 11 is 5.77. The van der Waals surface area contributed by atoms with Gasteiger partial charge in [0.25, 0.3) is 0 Å². The van der Waals surface area contributed by atoms with E-state index in [1.807, 2.05) is 24.3 Å². The zero-order valence-corrected chi connectivity index (χ0v) is 12.4. The average Bonchev–Trinajstić information content (AvgIpc) is 2.49. The molecule has 0 spiro atoms. The second-order valence-corrected chi connectivity index (χ2v) is 4.96. The number of ether oxygens (including phenoxy) is 1. The van der Waals surface area contributed by atoms with Crippen molar-refractivity contribution in [1.29, 1.82) is 0 Å². The Morgan fingerprint density at radius 3 is 2.48 bits per heavy atom. The molecule has 0 fully saturated rings. The molecule has 0 bridgehead atoms. The van der Waals surface area contributed by atoms with Crippen molar-refractivity contribution in [2.45, 2.75) is 6.42 Å². The van der Waals surface area contributed by atoms with Crippen LogP contribution in [0, 0.1) is 5.82 Å². The monoisotopic (exact) mass is 309 g/mol. The summed E-state index contributed by atoms with van der Waals surface area (Å²) in [4.78, 5) is 0. The van der Waals surface area contributed by atoms with Gasteiger partial charge in [-0.15, -0.1) is 0 Å². The molecule has 2 rings (SSSR count). The zero-order chi connectivity index (χ0) is 15.4. The SMILES string of the molecule is COc1ccc(CCNc2c(N)cc(N)c(Cl)c2F)cc1. The van der Waals surface area contributed by atoms with Crippen LogP contribution in [0.25, 0.3) is 0 Å². The molecular weight excluding hydrogens is 293 g/mol. The summed E-state index contributed by atoms with van der Waals surface area (Å²) in [6, 6.07) is 9.11. The lowest BCUT2D eigenvalue weighted by Gasteiger charge is -2.13. The minimum Gasteiger partial charge on any atom is -0.497 e. The molecule has 0 aliphatic heterocycles. The lowest BCUT2D eigenvalue weighted by Crippen LogP contribution is -2.09. The van der Waals surface area contributed by atoms with Crippen LogP contribution in [0.2, 0.25) is 5.02 Å². The van der Waals surface area contributed by atoms with Crippen molar-refractivity contribution in [3.8, 4) is 5.75 Å². The third-order valence-electron chi connectivity index (χ3n) is 3.14. The van der Waals surface area contributed by atoms with Crippen molar-refractivity contribution < 1.29 is 9.13 Å². The van der Waals surface area contributed by atoms with Crippen LogP contribution in [0.5, 0.6) is 5.75 Å². The molecule has 2 aromatic rings. The molecule has 0 aliphatic rings. The number of methoxy groups -OCH3 is 1. The molecule has 2 aromatic carbocycles. The van der Waals surface area contributed by atoms with Crippen molar-refractivity contribution in [2.24, 2.45) is 0 Å². The molecule has 0 saturated carbocycles. The van der Waals surface area contributed by atoms with Crippen LogP contribution in [-0.4, -0.2) is 13.7 Å². The second-order valence-electron chi connectivity index (χ2n) is 4.58. The Hall–Kier alpha value is -2.14. The van der Waals surface area contributed by atoms with E-state index in [4.69, 9.17) is 27.8 Å². The van der Waals surface area contributed by atoms with Crippen molar-refractivity contribution >= 4 is 28.7 Å². The van der Waals surface area contributed by atoms with Crippen LogP contribution in [0.4, 0.5) is 21.5 Å². The maximum Gasteiger partial charge on any atom is 0.169 e. The van der Waals surface area contributed by atoms with Crippen LogP contribution in [0.1, 0.15) is 5.56 Å². The average molecular weight is 310 g/mol. The molecule has 5 N–H and O–H groups in total. The Labute approximate surface area is 127 Å². The molecule has 0 radical (unpaired) electrons. The van der Waals surface area contributed by atoms with Gasteiger partial charge in [-0.2, -0.15) is 0 Å². The minimum absolute atomic E-state index is 0.115. The predicted molar refractivity (Wildman–Crippen MR) is 85.4 cm³/mol. The highest BCUT2D eigenvalue weighted by Crippen LogP contribution is 2.33. The summed E-state index contributed by atoms with van der Waals surface area (Å²) < 4.78 is 19.1. The lowest BCUT2D eigenvalue weighted by molar-refractivity contribution is 0.414. The number of anilines is 3. The minimum atomic E-state index is -0.621. The highest BCUT2D eigenvalue weighted by Gasteiger charge is 2.13. The Morgan fingerprint density at radius 2 is 1.86 bits per heavy atom. The van der Waals surface area contributed by atoms with E-state index in [-0.39, 0.29) is 22.1 Å². The topological polar surface area (TPSA) is 73.3 Å². The molecule has 21 heavy (non-hydrogen) atoms. The number of nitrogens with one attached hydrogen (secondary N) is 1. The highest BCUT2D eigenvalue weighted by molar-refractivity contribution is 6.33. The molecule has 0 aliphatic carbocycles. The van der Waals surface area contributed by atoms with Gasteiger partial charge in [-0.25, -0.2) is 4.39 Å². The number of nitrogen functional groups attached to an aromatic ring is 2. The summed E-state index contributed by atoms with van der Waals surface area (Å²) in [6.07, 6.45) is 0.713. The normalized spacial score (nSPS) is 10.4. The molecule has 6 heteroatoms. The Morgan fingerprint density at radius 1 is 1.19 bits per heavy atom. The van der Waals surface area contributed by atoms with Gasteiger partial charge < -0.3 is 21.5 Å². The summed E-state index contributed by atoms with van der Waals surface area (Å²) in [5.74, 6) is 0.177. The van der Waals surface area contributed by atoms with Crippen molar-refractivity contribution in [3.05, 3.63) is 46.7 Å². The Bertz CT molecular complexity index is 632. The smallest absolute Gasteiger partial charge is 0.169 e. The van der Waals surface area contributed by atoms with E-state index in [9.17, 15) is 4.39 Å². The number of halogens is 2. The first-order valence-corrected chi connectivity index (χ1v) is 6.80. The van der Waals surface area contributed by atoms with E-state index in [0.717, 1.165) is 11.3 Å². The van der Waals surface area contributed by atoms with Gasteiger partial charge in [0, 0.05) is 6.54 Å². The maximum absolute atomic E-state index is 14.0. The van der Waals surface area contributed by atoms with Crippen LogP contribution in [0.3, 0.4) is 0 Å². The van der Waals surface area contributed by atoms with Gasteiger partial charge in [0.15, 0.2) is 5.82 Å². The molecule has 0 unspecified atom stereocenters. The highest BCUT2D eigenvalue weighted by atomic mass is 35.5. The Balaban J connectivity index is 2.01. The quantitative estimate of drug-likeness (QED) is 0.741. The van der Waals surface area contributed by atoms with E-state index < -0.39 is 5.82 Å². The number of hydrogen-bond donors (Lipinski definition) is 3. The fourth-order valence-electron chi connectivity index (χ4n) is 1.97. The van der Waals surface area contributed by atoms with Crippen LogP contribution < -0.4 is 21.5 Å². The third kappa shape index (κ3) is 3.49. The van der Waals surface area contributed by atoms with Gasteiger partial charge in [0.1, 0.15) is 10.8 Å². The fourth-order valence-corrected chi connectivity index (χ4v) is 2.12. The molecule has 0 amide bonds. The van der Waals surface area contributed by atoms with E-state index in [0.29, 0.717) is 13.0 Å². The number of rotatable bonds is 5. The van der Waals surface area contributed by atoms with Gasteiger partial charge in [-0.1, -0.05) is 23.7 Å². The van der Waals surface area contributed by atoms with Gasteiger partial charge in [-0.3, -0.25) is 0 Å². The summed E-state index contributed by atoms with van der Waals surface area (Å²) in [5, 5.41) is 2.84. The van der Waals surface area contributed by atoms with Crippen molar-refractivity contribution in [1.82, 2.24) is 0 Å². The van der Waals surface area contributed by atoms with E-state index >= 15 is 0 Å². The zero-order valence-electron chi connectivity index (χ0n) is 11.6. The molecule has 0 aromatic heterocycles. The number of benzene rings is 2. The molecule has 0 atom stereocenters. The van der Waals surface area contributed by atoms with Gasteiger partial charge in [-0.05, 0) is 30.2 Å². The van der Waals surface area contributed by atoms with Crippen LogP contribution in [0.15, 0.2) is 30.3 Å². The van der Waals surface area contributed by atoms with Crippen molar-refractivity contribution in [3.63, 3.8) is 0 Å². The first-order valence-electron chi connectivity index (χ1n) is 6.42. The van der Waals surface area contributed by atoms with Gasteiger partial charge in [0.2, 0.25) is 0 Å². The summed E-state index contributed by atoms with van der Waals surface area (Å²) in [7, 11) is 1.62. The van der Waals surface area contributed by atoms with Crippen LogP contribution in [-0.2, 0) is 6.42 Å². The van der Waals surface area contributed by atoms with Crippen molar-refractivity contribution in [2.75, 3.05) is 30.4 Å². The number of nitrogens with two attached hydrogens (primary N) is 2. The van der Waals surface area contributed by atoms with E-state index in [2.05, 4.69) is 5.32 Å². The van der Waals surface area contributed by atoms with Gasteiger partial charge in [0.05, 0.1) is 24.2 Å². The summed E-state index contributed by atoms with van der Waals surface area (Å²) in [5.41, 5.74) is 13.0. The molecule has 0 saturated heterocycles. The van der Waals surface area contributed by atoms with E-state index in [1.54, 1.807) is 7.11 Å². The van der Waals surface area contributed by atoms with E-state index in [1.165, 1.54) is 6.07 Å². The third-order valence-corrected chi connectivity index (χ3v) is 3.52. The molecule has 4 nitrogen and oxygen atoms in total. The molecule has 0 heterocycles.